The van der Waals surface area contributed by atoms with Crippen molar-refractivity contribution in [3.05, 3.63) is 115 Å². The summed E-state index contributed by atoms with van der Waals surface area (Å²) < 4.78 is 12.6. The zero-order valence-corrected chi connectivity index (χ0v) is 18.2. The van der Waals surface area contributed by atoms with Crippen LogP contribution in [0.4, 0.5) is 0 Å². The lowest BCUT2D eigenvalue weighted by atomic mass is 9.99. The average molecular weight is 437 g/mol. The van der Waals surface area contributed by atoms with Gasteiger partial charge in [0.25, 0.3) is 0 Å². The Bertz CT molecular complexity index is 1780. The molecule has 0 aliphatic carbocycles. The standard InChI is InChI=1S/C31H19NO2/c1-2-9-20(10-3-1)23-13-7-15-25-26-16-8-14-24(30(26)34-29(23)25)21-11-6-12-22(19-21)31-32-27-17-4-5-18-28(27)33-31/h1-19H. The van der Waals surface area contributed by atoms with E-state index in [2.05, 4.69) is 77.8 Å². The van der Waals surface area contributed by atoms with Crippen molar-refractivity contribution < 1.29 is 8.83 Å². The van der Waals surface area contributed by atoms with Crippen LogP contribution in [0.3, 0.4) is 0 Å². The molecule has 7 rings (SSSR count). The van der Waals surface area contributed by atoms with Crippen molar-refractivity contribution in [2.24, 2.45) is 0 Å². The van der Waals surface area contributed by atoms with Crippen LogP contribution in [0.5, 0.6) is 0 Å². The van der Waals surface area contributed by atoms with Crippen molar-refractivity contribution in [2.45, 2.75) is 0 Å². The van der Waals surface area contributed by atoms with E-state index in [0.717, 1.165) is 60.9 Å². The SMILES string of the molecule is c1ccc(-c2cccc3c2oc2c(-c4cccc(-c5nc6ccccc6o5)c4)cccc23)cc1. The molecule has 2 heterocycles. The third-order valence-electron chi connectivity index (χ3n) is 6.32. The monoisotopic (exact) mass is 437 g/mol. The average Bonchev–Trinajstić information content (AvgIpc) is 3.51. The molecule has 7 aromatic rings. The van der Waals surface area contributed by atoms with Crippen LogP contribution in [0.1, 0.15) is 0 Å². The third kappa shape index (κ3) is 2.95. The molecule has 5 aromatic carbocycles. The zero-order chi connectivity index (χ0) is 22.5. The van der Waals surface area contributed by atoms with Crippen LogP contribution < -0.4 is 0 Å². The number of oxazole rings is 1. The Hall–Kier alpha value is -4.63. The molecule has 3 nitrogen and oxygen atoms in total. The lowest BCUT2D eigenvalue weighted by Gasteiger charge is -2.04. The van der Waals surface area contributed by atoms with Crippen molar-refractivity contribution in [1.29, 1.82) is 0 Å². The van der Waals surface area contributed by atoms with Gasteiger partial charge in [0, 0.05) is 27.5 Å². The van der Waals surface area contributed by atoms with E-state index in [1.165, 1.54) is 0 Å². The molecule has 0 N–H and O–H groups in total. The van der Waals surface area contributed by atoms with Gasteiger partial charge in [-0.3, -0.25) is 0 Å². The van der Waals surface area contributed by atoms with Gasteiger partial charge in [0.2, 0.25) is 5.89 Å². The van der Waals surface area contributed by atoms with Gasteiger partial charge in [-0.2, -0.15) is 0 Å². The number of hydrogen-bond acceptors (Lipinski definition) is 3. The van der Waals surface area contributed by atoms with Crippen LogP contribution in [0.2, 0.25) is 0 Å². The molecule has 0 fully saturated rings. The predicted molar refractivity (Wildman–Crippen MR) is 138 cm³/mol. The molecular formula is C31H19NO2. The Kier molecular flexibility index (Phi) is 4.15. The fourth-order valence-electron chi connectivity index (χ4n) is 4.71. The Morgan fingerprint density at radius 3 is 1.85 bits per heavy atom. The van der Waals surface area contributed by atoms with Crippen LogP contribution in [-0.2, 0) is 0 Å². The molecular weight excluding hydrogens is 418 g/mol. The second-order valence-electron chi connectivity index (χ2n) is 8.40. The molecule has 3 heteroatoms. The number of benzene rings is 5. The van der Waals surface area contributed by atoms with E-state index in [9.17, 15) is 0 Å². The largest absolute Gasteiger partial charge is 0.455 e. The highest BCUT2D eigenvalue weighted by molar-refractivity contribution is 6.13. The van der Waals surface area contributed by atoms with Gasteiger partial charge in [-0.25, -0.2) is 4.98 Å². The van der Waals surface area contributed by atoms with Gasteiger partial charge in [-0.1, -0.05) is 91.0 Å². The number of para-hydroxylation sites is 4. The lowest BCUT2D eigenvalue weighted by molar-refractivity contribution is 0.620. The highest BCUT2D eigenvalue weighted by atomic mass is 16.3. The fraction of sp³-hybridized carbons (Fsp3) is 0. The first kappa shape index (κ1) is 18.9. The van der Waals surface area contributed by atoms with Crippen LogP contribution in [-0.4, -0.2) is 4.98 Å². The molecule has 34 heavy (non-hydrogen) atoms. The topological polar surface area (TPSA) is 39.2 Å². The maximum absolute atomic E-state index is 6.58. The normalized spacial score (nSPS) is 11.5. The first-order chi connectivity index (χ1) is 16.8. The van der Waals surface area contributed by atoms with Crippen LogP contribution in [0.15, 0.2) is 124 Å². The Labute approximate surface area is 195 Å². The minimum atomic E-state index is 0.617. The molecule has 0 aliphatic rings. The van der Waals surface area contributed by atoms with Crippen molar-refractivity contribution >= 4 is 33.0 Å². The van der Waals surface area contributed by atoms with E-state index >= 15 is 0 Å². The maximum atomic E-state index is 6.58. The summed E-state index contributed by atoms with van der Waals surface area (Å²) in [4.78, 5) is 4.67. The van der Waals surface area contributed by atoms with Crippen molar-refractivity contribution in [3.63, 3.8) is 0 Å². The Morgan fingerprint density at radius 1 is 0.471 bits per heavy atom. The summed E-state index contributed by atoms with van der Waals surface area (Å²) in [6, 6.07) is 39.2. The number of aromatic nitrogens is 1. The molecule has 0 radical (unpaired) electrons. The number of hydrogen-bond donors (Lipinski definition) is 0. The Morgan fingerprint density at radius 2 is 1.09 bits per heavy atom. The fourth-order valence-corrected chi connectivity index (χ4v) is 4.71. The summed E-state index contributed by atoms with van der Waals surface area (Å²) in [6.45, 7) is 0. The van der Waals surface area contributed by atoms with E-state index in [-0.39, 0.29) is 0 Å². The number of fused-ring (bicyclic) bond motifs is 4. The molecule has 0 unspecified atom stereocenters. The first-order valence-corrected chi connectivity index (χ1v) is 11.3. The van der Waals surface area contributed by atoms with Gasteiger partial charge >= 0.3 is 0 Å². The molecule has 2 aromatic heterocycles. The molecule has 0 spiro atoms. The van der Waals surface area contributed by atoms with Crippen molar-refractivity contribution in [1.82, 2.24) is 4.98 Å². The highest BCUT2D eigenvalue weighted by Gasteiger charge is 2.16. The summed E-state index contributed by atoms with van der Waals surface area (Å²) in [7, 11) is 0. The minimum Gasteiger partial charge on any atom is -0.455 e. The summed E-state index contributed by atoms with van der Waals surface area (Å²) in [5, 5.41) is 2.23. The number of furan rings is 1. The van der Waals surface area contributed by atoms with E-state index in [0.29, 0.717) is 5.89 Å². The van der Waals surface area contributed by atoms with Crippen LogP contribution >= 0.6 is 0 Å². The van der Waals surface area contributed by atoms with E-state index in [1.54, 1.807) is 0 Å². The van der Waals surface area contributed by atoms with Crippen molar-refractivity contribution in [3.8, 4) is 33.7 Å². The van der Waals surface area contributed by atoms with Gasteiger partial charge in [-0.05, 0) is 35.4 Å². The number of rotatable bonds is 3. The van der Waals surface area contributed by atoms with Gasteiger partial charge in [0.1, 0.15) is 16.7 Å². The van der Waals surface area contributed by atoms with Gasteiger partial charge in [-0.15, -0.1) is 0 Å². The number of nitrogens with zero attached hydrogens (tertiary/aromatic N) is 1. The molecule has 0 aliphatic heterocycles. The second-order valence-corrected chi connectivity index (χ2v) is 8.40. The maximum Gasteiger partial charge on any atom is 0.227 e. The molecule has 0 saturated carbocycles. The quantitative estimate of drug-likeness (QED) is 0.277. The van der Waals surface area contributed by atoms with Crippen LogP contribution in [0.25, 0.3) is 66.7 Å². The molecule has 0 saturated heterocycles. The third-order valence-corrected chi connectivity index (χ3v) is 6.32. The van der Waals surface area contributed by atoms with E-state index in [1.807, 2.05) is 42.5 Å². The summed E-state index contributed by atoms with van der Waals surface area (Å²) in [5.74, 6) is 0.617. The molecule has 160 valence electrons. The first-order valence-electron chi connectivity index (χ1n) is 11.3. The van der Waals surface area contributed by atoms with Gasteiger partial charge in [0.15, 0.2) is 5.58 Å². The summed E-state index contributed by atoms with van der Waals surface area (Å²) >= 11 is 0. The van der Waals surface area contributed by atoms with Crippen LogP contribution in [0, 0.1) is 0 Å². The smallest absolute Gasteiger partial charge is 0.227 e. The minimum absolute atomic E-state index is 0.617. The second kappa shape index (κ2) is 7.46. The lowest BCUT2D eigenvalue weighted by Crippen LogP contribution is -1.82. The van der Waals surface area contributed by atoms with Gasteiger partial charge < -0.3 is 8.83 Å². The van der Waals surface area contributed by atoms with Gasteiger partial charge in [0.05, 0.1) is 0 Å². The predicted octanol–water partition coefficient (Wildman–Crippen LogP) is 8.73. The van der Waals surface area contributed by atoms with E-state index < -0.39 is 0 Å². The zero-order valence-electron chi connectivity index (χ0n) is 18.2. The summed E-state index contributed by atoms with van der Waals surface area (Å²) in [5.41, 5.74) is 8.73. The molecule has 0 atom stereocenters. The highest BCUT2D eigenvalue weighted by Crippen LogP contribution is 2.40. The summed E-state index contributed by atoms with van der Waals surface area (Å²) in [6.07, 6.45) is 0. The van der Waals surface area contributed by atoms with Crippen molar-refractivity contribution in [2.75, 3.05) is 0 Å². The Balaban J connectivity index is 1.42. The molecule has 0 amide bonds. The van der Waals surface area contributed by atoms with E-state index in [4.69, 9.17) is 8.83 Å². The molecule has 0 bridgehead atoms.